The van der Waals surface area contributed by atoms with Crippen LogP contribution in [0.15, 0.2) is 42.7 Å². The number of rotatable bonds is 5. The number of nitrogens with zero attached hydrogens (tertiary/aromatic N) is 5. The summed E-state index contributed by atoms with van der Waals surface area (Å²) in [5, 5.41) is 3.19. The van der Waals surface area contributed by atoms with Crippen molar-refractivity contribution in [3.05, 3.63) is 48.5 Å². The number of hydrogen-bond donors (Lipinski definition) is 1. The molecule has 1 fully saturated rings. The molecular weight excluding hydrogens is 340 g/mol. The predicted octanol–water partition coefficient (Wildman–Crippen LogP) is 2.17. The van der Waals surface area contributed by atoms with E-state index < -0.39 is 0 Å². The second kappa shape index (κ2) is 7.73. The van der Waals surface area contributed by atoms with Crippen LogP contribution in [0.1, 0.15) is 25.6 Å². The van der Waals surface area contributed by atoms with Gasteiger partial charge in [-0.1, -0.05) is 19.1 Å². The summed E-state index contributed by atoms with van der Waals surface area (Å²) in [4.78, 5) is 28.1. The number of piperidine rings is 1. The second-order valence-electron chi connectivity index (χ2n) is 6.83. The highest BCUT2D eigenvalue weighted by Gasteiger charge is 2.22. The fraction of sp³-hybridized carbons (Fsp3) is 0.400. The first-order chi connectivity index (χ1) is 13.2. The van der Waals surface area contributed by atoms with E-state index in [4.69, 9.17) is 0 Å². The van der Waals surface area contributed by atoms with Gasteiger partial charge in [0, 0.05) is 37.9 Å². The van der Waals surface area contributed by atoms with Crippen molar-refractivity contribution < 1.29 is 4.79 Å². The van der Waals surface area contributed by atoms with Gasteiger partial charge in [0.05, 0.1) is 11.0 Å². The highest BCUT2D eigenvalue weighted by atomic mass is 16.2. The number of carbonyl (C=O) groups excluding carboxylic acids is 1. The molecule has 0 saturated carbocycles. The standard InChI is InChI=1S/C20H24N6O/c1-2-18-24-16-6-3-4-7-17(16)26(18)14-19(27)23-15-8-12-25(13-9-15)20-21-10-5-11-22-20/h3-7,10-11,15H,2,8-9,12-14H2,1H3,(H,23,27). The third kappa shape index (κ3) is 3.77. The number of aromatic nitrogens is 4. The summed E-state index contributed by atoms with van der Waals surface area (Å²) in [7, 11) is 0. The first kappa shape index (κ1) is 17.5. The molecule has 140 valence electrons. The molecule has 7 heteroatoms. The van der Waals surface area contributed by atoms with Crippen LogP contribution in [0.2, 0.25) is 0 Å². The number of para-hydroxylation sites is 2. The number of nitrogens with one attached hydrogen (secondary N) is 1. The summed E-state index contributed by atoms with van der Waals surface area (Å²) < 4.78 is 2.03. The molecule has 0 aliphatic carbocycles. The van der Waals surface area contributed by atoms with Gasteiger partial charge in [-0.3, -0.25) is 4.79 Å². The highest BCUT2D eigenvalue weighted by Crippen LogP contribution is 2.18. The number of imidazole rings is 1. The molecule has 3 aromatic rings. The molecule has 1 aliphatic rings. The molecule has 1 N–H and O–H groups in total. The zero-order valence-corrected chi connectivity index (χ0v) is 15.5. The number of anilines is 1. The first-order valence-corrected chi connectivity index (χ1v) is 9.50. The van der Waals surface area contributed by atoms with Crippen molar-refractivity contribution in [2.75, 3.05) is 18.0 Å². The SMILES string of the molecule is CCc1nc2ccccc2n1CC(=O)NC1CCN(c2ncccn2)CC1. The topological polar surface area (TPSA) is 75.9 Å². The number of aryl methyl sites for hydroxylation is 1. The lowest BCUT2D eigenvalue weighted by molar-refractivity contribution is -0.122. The second-order valence-corrected chi connectivity index (χ2v) is 6.83. The van der Waals surface area contributed by atoms with E-state index in [0.717, 1.165) is 55.2 Å². The van der Waals surface area contributed by atoms with E-state index in [-0.39, 0.29) is 11.9 Å². The molecule has 3 heterocycles. The summed E-state index contributed by atoms with van der Waals surface area (Å²) in [5.74, 6) is 1.75. The Labute approximate surface area is 158 Å². The first-order valence-electron chi connectivity index (χ1n) is 9.50. The molecule has 1 amide bonds. The zero-order chi connectivity index (χ0) is 18.6. The van der Waals surface area contributed by atoms with Crippen LogP contribution in [0.4, 0.5) is 5.95 Å². The van der Waals surface area contributed by atoms with Gasteiger partial charge in [0.2, 0.25) is 11.9 Å². The minimum absolute atomic E-state index is 0.0438. The van der Waals surface area contributed by atoms with Gasteiger partial charge < -0.3 is 14.8 Å². The third-order valence-corrected chi connectivity index (χ3v) is 5.05. The van der Waals surface area contributed by atoms with Crippen LogP contribution in [-0.4, -0.2) is 44.6 Å². The smallest absolute Gasteiger partial charge is 0.240 e. The van der Waals surface area contributed by atoms with Gasteiger partial charge in [0.1, 0.15) is 12.4 Å². The number of carbonyl (C=O) groups is 1. The maximum absolute atomic E-state index is 12.6. The Hall–Kier alpha value is -2.96. The van der Waals surface area contributed by atoms with Crippen LogP contribution in [0, 0.1) is 0 Å². The van der Waals surface area contributed by atoms with Crippen LogP contribution in [-0.2, 0) is 17.8 Å². The van der Waals surface area contributed by atoms with Gasteiger partial charge in [-0.05, 0) is 31.0 Å². The van der Waals surface area contributed by atoms with Crippen LogP contribution in [0.25, 0.3) is 11.0 Å². The molecule has 0 unspecified atom stereocenters. The molecule has 0 atom stereocenters. The lowest BCUT2D eigenvalue weighted by Gasteiger charge is -2.32. The monoisotopic (exact) mass is 364 g/mol. The molecule has 4 rings (SSSR count). The molecule has 1 aliphatic heterocycles. The van der Waals surface area contributed by atoms with Crippen molar-refractivity contribution >= 4 is 22.9 Å². The Morgan fingerprint density at radius 3 is 2.63 bits per heavy atom. The summed E-state index contributed by atoms with van der Waals surface area (Å²) in [6.45, 7) is 4.08. The van der Waals surface area contributed by atoms with Crippen molar-refractivity contribution in [3.8, 4) is 0 Å². The maximum Gasteiger partial charge on any atom is 0.240 e. The molecule has 7 nitrogen and oxygen atoms in total. The average Bonchev–Trinajstić information content (AvgIpc) is 3.07. The van der Waals surface area contributed by atoms with Crippen molar-refractivity contribution in [1.29, 1.82) is 0 Å². The Morgan fingerprint density at radius 1 is 1.15 bits per heavy atom. The minimum atomic E-state index is 0.0438. The average molecular weight is 364 g/mol. The van der Waals surface area contributed by atoms with Crippen LogP contribution in [0.5, 0.6) is 0 Å². The molecule has 27 heavy (non-hydrogen) atoms. The Bertz CT molecular complexity index is 915. The van der Waals surface area contributed by atoms with Gasteiger partial charge in [0.15, 0.2) is 0 Å². The van der Waals surface area contributed by atoms with E-state index in [1.54, 1.807) is 12.4 Å². The Kier molecular flexibility index (Phi) is 5.00. The van der Waals surface area contributed by atoms with Crippen molar-refractivity contribution in [1.82, 2.24) is 24.8 Å². The fourth-order valence-electron chi connectivity index (χ4n) is 3.67. The van der Waals surface area contributed by atoms with Crippen molar-refractivity contribution in [2.45, 2.75) is 38.8 Å². The fourth-order valence-corrected chi connectivity index (χ4v) is 3.67. The summed E-state index contributed by atoms with van der Waals surface area (Å²) >= 11 is 0. The van der Waals surface area contributed by atoms with Gasteiger partial charge in [0.25, 0.3) is 0 Å². The largest absolute Gasteiger partial charge is 0.352 e. The zero-order valence-electron chi connectivity index (χ0n) is 15.5. The quantitative estimate of drug-likeness (QED) is 0.751. The van der Waals surface area contributed by atoms with Gasteiger partial charge >= 0.3 is 0 Å². The summed E-state index contributed by atoms with van der Waals surface area (Å²) in [5.41, 5.74) is 1.96. The lowest BCUT2D eigenvalue weighted by atomic mass is 10.1. The molecule has 0 spiro atoms. The van der Waals surface area contributed by atoms with E-state index in [2.05, 4.69) is 32.1 Å². The van der Waals surface area contributed by atoms with Gasteiger partial charge in [-0.25, -0.2) is 15.0 Å². The summed E-state index contributed by atoms with van der Waals surface area (Å²) in [6.07, 6.45) is 6.12. The van der Waals surface area contributed by atoms with Crippen LogP contribution < -0.4 is 10.2 Å². The molecule has 0 bridgehead atoms. The molecule has 1 aromatic carbocycles. The summed E-state index contributed by atoms with van der Waals surface area (Å²) in [6, 6.07) is 9.98. The third-order valence-electron chi connectivity index (χ3n) is 5.05. The number of benzene rings is 1. The molecular formula is C20H24N6O. The Morgan fingerprint density at radius 2 is 1.89 bits per heavy atom. The van der Waals surface area contributed by atoms with Crippen LogP contribution >= 0.6 is 0 Å². The van der Waals surface area contributed by atoms with Gasteiger partial charge in [-0.15, -0.1) is 0 Å². The van der Waals surface area contributed by atoms with Crippen molar-refractivity contribution in [3.63, 3.8) is 0 Å². The lowest BCUT2D eigenvalue weighted by Crippen LogP contribution is -2.46. The normalized spacial score (nSPS) is 15.2. The number of fused-ring (bicyclic) bond motifs is 1. The van der Waals surface area contributed by atoms with Gasteiger partial charge in [-0.2, -0.15) is 0 Å². The molecule has 0 radical (unpaired) electrons. The predicted molar refractivity (Wildman–Crippen MR) is 105 cm³/mol. The number of amides is 1. The Balaban J connectivity index is 1.37. The van der Waals surface area contributed by atoms with E-state index in [0.29, 0.717) is 6.54 Å². The molecule has 1 saturated heterocycles. The van der Waals surface area contributed by atoms with E-state index >= 15 is 0 Å². The van der Waals surface area contributed by atoms with Crippen LogP contribution in [0.3, 0.4) is 0 Å². The minimum Gasteiger partial charge on any atom is -0.352 e. The van der Waals surface area contributed by atoms with E-state index in [1.807, 2.05) is 34.9 Å². The number of hydrogen-bond acceptors (Lipinski definition) is 5. The van der Waals surface area contributed by atoms with Crippen molar-refractivity contribution in [2.24, 2.45) is 0 Å². The van der Waals surface area contributed by atoms with E-state index in [9.17, 15) is 4.79 Å². The highest BCUT2D eigenvalue weighted by molar-refractivity contribution is 5.81. The van der Waals surface area contributed by atoms with E-state index in [1.165, 1.54) is 0 Å². The maximum atomic E-state index is 12.6. The molecule has 2 aromatic heterocycles.